The topological polar surface area (TPSA) is 56.7 Å². The Hall–Kier alpha value is -1.20. The summed E-state index contributed by atoms with van der Waals surface area (Å²) in [6.07, 6.45) is 7.37. The average molecular weight is 309 g/mol. The zero-order valence-corrected chi connectivity index (χ0v) is 12.0. The first-order valence-corrected chi connectivity index (χ1v) is 6.87. The second-order valence-corrected chi connectivity index (χ2v) is 5.07. The zero-order valence-electron chi connectivity index (χ0n) is 10.4. The monoisotopic (exact) mass is 308 g/mol. The summed E-state index contributed by atoms with van der Waals surface area (Å²) in [4.78, 5) is 8.70. The van der Waals surface area contributed by atoms with Gasteiger partial charge in [-0.1, -0.05) is 6.92 Å². The lowest BCUT2D eigenvalue weighted by atomic mass is 10.1. The molecule has 0 amide bonds. The first kappa shape index (κ1) is 13.2. The molecular formula is C13H17BrN4. The molecule has 96 valence electrons. The van der Waals surface area contributed by atoms with E-state index in [0.29, 0.717) is 6.42 Å². The van der Waals surface area contributed by atoms with E-state index in [1.54, 1.807) is 6.20 Å². The van der Waals surface area contributed by atoms with Crippen molar-refractivity contribution in [3.8, 4) is 0 Å². The van der Waals surface area contributed by atoms with Crippen LogP contribution in [0.5, 0.6) is 0 Å². The largest absolute Gasteiger partial charge is 0.335 e. The lowest BCUT2D eigenvalue weighted by Gasteiger charge is -2.13. The van der Waals surface area contributed by atoms with Gasteiger partial charge in [0.25, 0.3) is 0 Å². The van der Waals surface area contributed by atoms with Crippen LogP contribution in [0, 0.1) is 0 Å². The minimum Gasteiger partial charge on any atom is -0.335 e. The third kappa shape index (κ3) is 2.97. The van der Waals surface area contributed by atoms with Gasteiger partial charge >= 0.3 is 0 Å². The summed E-state index contributed by atoms with van der Waals surface area (Å²) >= 11 is 3.48. The molecule has 2 aromatic heterocycles. The quantitative estimate of drug-likeness (QED) is 0.924. The van der Waals surface area contributed by atoms with Crippen molar-refractivity contribution in [2.75, 3.05) is 0 Å². The van der Waals surface area contributed by atoms with Crippen LogP contribution >= 0.6 is 15.9 Å². The summed E-state index contributed by atoms with van der Waals surface area (Å²) in [5.74, 6) is 1.02. The lowest BCUT2D eigenvalue weighted by Crippen LogP contribution is -2.18. The molecule has 18 heavy (non-hydrogen) atoms. The Morgan fingerprint density at radius 2 is 2.22 bits per heavy atom. The molecule has 5 heteroatoms. The number of imidazole rings is 1. The van der Waals surface area contributed by atoms with Crippen LogP contribution in [0.25, 0.3) is 0 Å². The van der Waals surface area contributed by atoms with E-state index in [9.17, 15) is 0 Å². The number of halogens is 1. The minimum absolute atomic E-state index is 0.140. The van der Waals surface area contributed by atoms with Gasteiger partial charge in [0.15, 0.2) is 0 Å². The molecule has 2 N–H and O–H groups in total. The van der Waals surface area contributed by atoms with Gasteiger partial charge in [0.1, 0.15) is 5.82 Å². The molecule has 0 aliphatic heterocycles. The van der Waals surface area contributed by atoms with Crippen molar-refractivity contribution < 1.29 is 0 Å². The van der Waals surface area contributed by atoms with Gasteiger partial charge in [0.2, 0.25) is 0 Å². The van der Waals surface area contributed by atoms with Crippen molar-refractivity contribution in [1.82, 2.24) is 14.5 Å². The van der Waals surface area contributed by atoms with E-state index in [4.69, 9.17) is 5.73 Å². The Bertz CT molecular complexity index is 509. The number of pyridine rings is 1. The van der Waals surface area contributed by atoms with E-state index in [1.165, 1.54) is 0 Å². The fourth-order valence-corrected chi connectivity index (χ4v) is 2.49. The van der Waals surface area contributed by atoms with Crippen molar-refractivity contribution in [2.24, 2.45) is 5.73 Å². The molecule has 0 saturated heterocycles. The molecule has 0 aromatic carbocycles. The number of rotatable bonds is 5. The van der Waals surface area contributed by atoms with Gasteiger partial charge in [-0.2, -0.15) is 0 Å². The number of aromatic nitrogens is 3. The third-order valence-electron chi connectivity index (χ3n) is 2.81. The van der Waals surface area contributed by atoms with Crippen LogP contribution in [-0.4, -0.2) is 14.5 Å². The predicted molar refractivity (Wildman–Crippen MR) is 75.1 cm³/mol. The molecule has 0 aliphatic carbocycles. The van der Waals surface area contributed by atoms with E-state index >= 15 is 0 Å². The molecular weight excluding hydrogens is 292 g/mol. The van der Waals surface area contributed by atoms with Gasteiger partial charge in [0.05, 0.1) is 11.7 Å². The molecule has 0 spiro atoms. The van der Waals surface area contributed by atoms with Crippen molar-refractivity contribution >= 4 is 15.9 Å². The maximum absolute atomic E-state index is 6.21. The van der Waals surface area contributed by atoms with Crippen molar-refractivity contribution in [3.63, 3.8) is 0 Å². The average Bonchev–Trinajstić information content (AvgIpc) is 2.78. The maximum atomic E-state index is 6.21. The van der Waals surface area contributed by atoms with Gasteiger partial charge in [0, 0.05) is 36.0 Å². The van der Waals surface area contributed by atoms with Crippen molar-refractivity contribution in [2.45, 2.75) is 32.4 Å². The van der Waals surface area contributed by atoms with Gasteiger partial charge in [-0.25, -0.2) is 4.98 Å². The number of nitrogens with zero attached hydrogens (tertiary/aromatic N) is 3. The van der Waals surface area contributed by atoms with Crippen LogP contribution in [0.2, 0.25) is 0 Å². The first-order valence-electron chi connectivity index (χ1n) is 6.08. The Labute approximate surface area is 115 Å². The number of nitrogens with two attached hydrogens (primary N) is 1. The molecule has 0 radical (unpaired) electrons. The molecule has 4 nitrogen and oxygen atoms in total. The van der Waals surface area contributed by atoms with Gasteiger partial charge < -0.3 is 10.3 Å². The number of hydrogen-bond donors (Lipinski definition) is 1. The molecule has 0 saturated carbocycles. The van der Waals surface area contributed by atoms with Crippen LogP contribution in [0.15, 0.2) is 35.2 Å². The highest BCUT2D eigenvalue weighted by molar-refractivity contribution is 9.10. The molecule has 2 aromatic rings. The fourth-order valence-electron chi connectivity index (χ4n) is 1.94. The third-order valence-corrected chi connectivity index (χ3v) is 3.48. The van der Waals surface area contributed by atoms with E-state index in [1.807, 2.05) is 24.5 Å². The molecule has 0 fully saturated rings. The van der Waals surface area contributed by atoms with Crippen LogP contribution in [0.3, 0.4) is 0 Å². The molecule has 2 rings (SSSR count). The van der Waals surface area contributed by atoms with Crippen LogP contribution in [0.1, 0.15) is 30.9 Å². The first-order chi connectivity index (χ1) is 8.72. The SMILES string of the molecule is CCCn1ccnc1CC(N)c1ncccc1Br. The highest BCUT2D eigenvalue weighted by Crippen LogP contribution is 2.21. The Kier molecular flexibility index (Phi) is 4.49. The molecule has 0 bridgehead atoms. The predicted octanol–water partition coefficient (Wildman–Crippen LogP) is 2.69. The molecule has 0 aliphatic rings. The second kappa shape index (κ2) is 6.11. The highest BCUT2D eigenvalue weighted by atomic mass is 79.9. The maximum Gasteiger partial charge on any atom is 0.110 e. The highest BCUT2D eigenvalue weighted by Gasteiger charge is 2.14. The summed E-state index contributed by atoms with van der Waals surface area (Å²) in [6.45, 7) is 3.13. The van der Waals surface area contributed by atoms with Crippen LogP contribution < -0.4 is 5.73 Å². The van der Waals surface area contributed by atoms with Crippen LogP contribution in [-0.2, 0) is 13.0 Å². The molecule has 1 atom stereocenters. The Balaban J connectivity index is 2.14. The van der Waals surface area contributed by atoms with Gasteiger partial charge in [-0.05, 0) is 34.5 Å². The number of hydrogen-bond acceptors (Lipinski definition) is 3. The van der Waals surface area contributed by atoms with Crippen molar-refractivity contribution in [3.05, 3.63) is 46.7 Å². The molecule has 1 unspecified atom stereocenters. The fraction of sp³-hybridized carbons (Fsp3) is 0.385. The summed E-state index contributed by atoms with van der Waals surface area (Å²) < 4.78 is 3.10. The standard InChI is InChI=1S/C13H17BrN4/c1-2-7-18-8-6-16-12(18)9-11(15)13-10(14)4-3-5-17-13/h3-6,8,11H,2,7,9,15H2,1H3. The lowest BCUT2D eigenvalue weighted by molar-refractivity contribution is 0.591. The van der Waals surface area contributed by atoms with E-state index in [0.717, 1.165) is 29.0 Å². The van der Waals surface area contributed by atoms with E-state index in [-0.39, 0.29) is 6.04 Å². The summed E-state index contributed by atoms with van der Waals surface area (Å²) in [5.41, 5.74) is 7.08. The Morgan fingerprint density at radius 1 is 1.39 bits per heavy atom. The van der Waals surface area contributed by atoms with Gasteiger partial charge in [-0.3, -0.25) is 4.98 Å². The normalized spacial score (nSPS) is 12.6. The van der Waals surface area contributed by atoms with Crippen molar-refractivity contribution in [1.29, 1.82) is 0 Å². The smallest absolute Gasteiger partial charge is 0.110 e. The van der Waals surface area contributed by atoms with Crippen LogP contribution in [0.4, 0.5) is 0 Å². The van der Waals surface area contributed by atoms with E-state index < -0.39 is 0 Å². The second-order valence-electron chi connectivity index (χ2n) is 4.22. The van der Waals surface area contributed by atoms with E-state index in [2.05, 4.69) is 37.4 Å². The number of aryl methyl sites for hydroxylation is 1. The summed E-state index contributed by atoms with van der Waals surface area (Å²) in [5, 5.41) is 0. The summed E-state index contributed by atoms with van der Waals surface area (Å²) in [7, 11) is 0. The Morgan fingerprint density at radius 3 is 2.94 bits per heavy atom. The molecule has 2 heterocycles. The zero-order chi connectivity index (χ0) is 13.0. The summed E-state index contributed by atoms with van der Waals surface area (Å²) in [6, 6.07) is 3.71. The van der Waals surface area contributed by atoms with Gasteiger partial charge in [-0.15, -0.1) is 0 Å². The minimum atomic E-state index is -0.140.